The SMILES string of the molecule is CC(C)C(=O)Nc1cccc(C2CCN(CCCCC(Oc3cc(C(F)(F)F)ccc3F)c3ccc(Cl)cc3)CC2)c1. The van der Waals surface area contributed by atoms with Crippen molar-refractivity contribution in [2.75, 3.05) is 25.0 Å². The molecule has 3 aromatic carbocycles. The van der Waals surface area contributed by atoms with E-state index in [1.807, 2.05) is 26.0 Å². The lowest BCUT2D eigenvalue weighted by Gasteiger charge is -2.32. The van der Waals surface area contributed by atoms with Crippen molar-refractivity contribution in [3.05, 3.63) is 94.3 Å². The Hall–Kier alpha value is -3.10. The van der Waals surface area contributed by atoms with Crippen molar-refractivity contribution in [2.24, 2.45) is 5.92 Å². The van der Waals surface area contributed by atoms with Gasteiger partial charge in [0, 0.05) is 16.6 Å². The Morgan fingerprint density at radius 1 is 1.02 bits per heavy atom. The molecule has 1 aliphatic heterocycles. The molecule has 1 unspecified atom stereocenters. The molecule has 1 aliphatic rings. The van der Waals surface area contributed by atoms with Crippen molar-refractivity contribution in [1.29, 1.82) is 0 Å². The van der Waals surface area contributed by atoms with Crippen molar-refractivity contribution >= 4 is 23.2 Å². The van der Waals surface area contributed by atoms with Crippen LogP contribution in [0.4, 0.5) is 23.2 Å². The fraction of sp³-hybridized carbons (Fsp3) is 0.424. The van der Waals surface area contributed by atoms with Gasteiger partial charge in [-0.05, 0) is 111 Å². The zero-order chi connectivity index (χ0) is 30.3. The van der Waals surface area contributed by atoms with Gasteiger partial charge in [-0.2, -0.15) is 13.2 Å². The van der Waals surface area contributed by atoms with Gasteiger partial charge in [0.25, 0.3) is 0 Å². The van der Waals surface area contributed by atoms with Gasteiger partial charge in [-0.3, -0.25) is 4.79 Å². The van der Waals surface area contributed by atoms with Gasteiger partial charge in [-0.25, -0.2) is 4.39 Å². The van der Waals surface area contributed by atoms with E-state index in [0.29, 0.717) is 23.4 Å². The minimum atomic E-state index is -4.60. The van der Waals surface area contributed by atoms with Crippen molar-refractivity contribution < 1.29 is 27.1 Å². The Bertz CT molecular complexity index is 1320. The van der Waals surface area contributed by atoms with Crippen LogP contribution in [0.25, 0.3) is 0 Å². The number of halogens is 5. The van der Waals surface area contributed by atoms with E-state index in [2.05, 4.69) is 22.3 Å². The van der Waals surface area contributed by atoms with E-state index in [4.69, 9.17) is 16.3 Å². The third-order valence-corrected chi connectivity index (χ3v) is 7.95. The summed E-state index contributed by atoms with van der Waals surface area (Å²) in [5, 5.41) is 3.50. The quantitative estimate of drug-likeness (QED) is 0.175. The summed E-state index contributed by atoms with van der Waals surface area (Å²) in [6.45, 7) is 6.55. The average Bonchev–Trinajstić information content (AvgIpc) is 2.96. The Labute approximate surface area is 250 Å². The number of amides is 1. The fourth-order valence-electron chi connectivity index (χ4n) is 5.21. The number of hydrogen-bond acceptors (Lipinski definition) is 3. The summed E-state index contributed by atoms with van der Waals surface area (Å²) in [4.78, 5) is 14.5. The van der Waals surface area contributed by atoms with Crippen LogP contribution in [0.2, 0.25) is 5.02 Å². The number of piperidine rings is 1. The van der Waals surface area contributed by atoms with E-state index < -0.39 is 29.4 Å². The third kappa shape index (κ3) is 8.95. The highest BCUT2D eigenvalue weighted by Gasteiger charge is 2.32. The molecule has 1 fully saturated rings. The fourth-order valence-corrected chi connectivity index (χ4v) is 5.33. The molecule has 0 spiro atoms. The zero-order valence-electron chi connectivity index (χ0n) is 23.9. The molecule has 0 aliphatic carbocycles. The maximum absolute atomic E-state index is 14.5. The molecule has 1 amide bonds. The van der Waals surface area contributed by atoms with Crippen LogP contribution in [0.5, 0.6) is 5.75 Å². The lowest BCUT2D eigenvalue weighted by Crippen LogP contribution is -2.33. The first-order valence-corrected chi connectivity index (χ1v) is 14.8. The summed E-state index contributed by atoms with van der Waals surface area (Å²) in [5.41, 5.74) is 1.84. The molecule has 4 rings (SSSR count). The van der Waals surface area contributed by atoms with Gasteiger partial charge in [-0.15, -0.1) is 0 Å². The number of likely N-dealkylation sites (tertiary alicyclic amines) is 1. The Morgan fingerprint density at radius 2 is 1.74 bits per heavy atom. The van der Waals surface area contributed by atoms with Crippen molar-refractivity contribution in [3.8, 4) is 5.75 Å². The summed E-state index contributed by atoms with van der Waals surface area (Å²) in [6.07, 6.45) is -1.02. The molecule has 1 N–H and O–H groups in total. The highest BCUT2D eigenvalue weighted by atomic mass is 35.5. The largest absolute Gasteiger partial charge is 0.483 e. The van der Waals surface area contributed by atoms with E-state index >= 15 is 0 Å². The van der Waals surface area contributed by atoms with Crippen molar-refractivity contribution in [3.63, 3.8) is 0 Å². The molecule has 1 atom stereocenters. The Morgan fingerprint density at radius 3 is 2.40 bits per heavy atom. The second-order valence-corrected chi connectivity index (χ2v) is 11.6. The molecule has 4 nitrogen and oxygen atoms in total. The molecule has 0 bridgehead atoms. The molecule has 0 saturated carbocycles. The third-order valence-electron chi connectivity index (χ3n) is 7.70. The van der Waals surface area contributed by atoms with Crippen LogP contribution in [-0.4, -0.2) is 30.4 Å². The molecule has 1 saturated heterocycles. The molecule has 42 heavy (non-hydrogen) atoms. The number of benzene rings is 3. The number of carbonyl (C=O) groups is 1. The lowest BCUT2D eigenvalue weighted by atomic mass is 9.89. The van der Waals surface area contributed by atoms with Crippen LogP contribution in [0.1, 0.15) is 74.7 Å². The minimum Gasteiger partial charge on any atom is -0.483 e. The van der Waals surface area contributed by atoms with E-state index in [1.54, 1.807) is 24.3 Å². The number of nitrogens with one attached hydrogen (secondary N) is 1. The minimum absolute atomic E-state index is 0.00521. The summed E-state index contributed by atoms with van der Waals surface area (Å²) >= 11 is 6.03. The maximum atomic E-state index is 14.5. The van der Waals surface area contributed by atoms with E-state index in [-0.39, 0.29) is 11.8 Å². The standard InChI is InChI=1S/C33H37ClF4N2O2/c1-22(2)32(41)39-28-7-5-6-25(20-28)23-15-18-40(19-16-23)17-4-3-8-30(24-9-12-27(34)13-10-24)42-31-21-26(33(36,37)38)11-14-29(31)35/h5-7,9-14,20-23,30H,3-4,8,15-19H2,1-2H3,(H,39,41). The summed E-state index contributed by atoms with van der Waals surface area (Å²) in [7, 11) is 0. The number of unbranched alkanes of at least 4 members (excludes halogenated alkanes) is 1. The smallest absolute Gasteiger partial charge is 0.416 e. The molecule has 1 heterocycles. The van der Waals surface area contributed by atoms with E-state index in [1.165, 1.54) is 5.56 Å². The number of rotatable bonds is 11. The topological polar surface area (TPSA) is 41.6 Å². The first kappa shape index (κ1) is 31.8. The molecule has 9 heteroatoms. The predicted octanol–water partition coefficient (Wildman–Crippen LogP) is 9.26. The zero-order valence-corrected chi connectivity index (χ0v) is 24.6. The van der Waals surface area contributed by atoms with Crippen LogP contribution in [0.3, 0.4) is 0 Å². The number of nitrogens with zero attached hydrogens (tertiary/aromatic N) is 1. The van der Waals surface area contributed by atoms with Gasteiger partial charge in [0.15, 0.2) is 11.6 Å². The number of ether oxygens (including phenoxy) is 1. The number of hydrogen-bond donors (Lipinski definition) is 1. The Balaban J connectivity index is 1.30. The second kappa shape index (κ2) is 14.4. The van der Waals surface area contributed by atoms with Crippen LogP contribution in [0.15, 0.2) is 66.7 Å². The first-order chi connectivity index (χ1) is 20.0. The predicted molar refractivity (Wildman–Crippen MR) is 158 cm³/mol. The van der Waals surface area contributed by atoms with Gasteiger partial charge in [0.1, 0.15) is 6.10 Å². The molecule has 0 radical (unpaired) electrons. The number of anilines is 1. The van der Waals surface area contributed by atoms with Crippen LogP contribution in [-0.2, 0) is 11.0 Å². The van der Waals surface area contributed by atoms with E-state index in [9.17, 15) is 22.4 Å². The van der Waals surface area contributed by atoms with Gasteiger partial charge in [0.05, 0.1) is 5.56 Å². The van der Waals surface area contributed by atoms with Gasteiger partial charge < -0.3 is 15.0 Å². The number of carbonyl (C=O) groups excluding carboxylic acids is 1. The highest BCUT2D eigenvalue weighted by Crippen LogP contribution is 2.36. The monoisotopic (exact) mass is 604 g/mol. The van der Waals surface area contributed by atoms with Crippen molar-refractivity contribution in [1.82, 2.24) is 4.90 Å². The normalized spacial score (nSPS) is 15.5. The second-order valence-electron chi connectivity index (χ2n) is 11.2. The Kier molecular flexibility index (Phi) is 10.9. The van der Waals surface area contributed by atoms with Crippen LogP contribution < -0.4 is 10.1 Å². The van der Waals surface area contributed by atoms with Crippen LogP contribution >= 0.6 is 11.6 Å². The summed E-state index contributed by atoms with van der Waals surface area (Å²) in [5.74, 6) is -0.892. The van der Waals surface area contributed by atoms with Crippen LogP contribution in [0, 0.1) is 11.7 Å². The maximum Gasteiger partial charge on any atom is 0.416 e. The summed E-state index contributed by atoms with van der Waals surface area (Å²) < 4.78 is 60.0. The molecule has 226 valence electrons. The van der Waals surface area contributed by atoms with Gasteiger partial charge >= 0.3 is 6.18 Å². The van der Waals surface area contributed by atoms with Gasteiger partial charge in [0.2, 0.25) is 5.91 Å². The molecular weight excluding hydrogens is 568 g/mol. The molecular formula is C33H37ClF4N2O2. The molecule has 3 aromatic rings. The van der Waals surface area contributed by atoms with Crippen molar-refractivity contribution in [2.45, 2.75) is 64.1 Å². The number of alkyl halides is 3. The lowest BCUT2D eigenvalue weighted by molar-refractivity contribution is -0.137. The van der Waals surface area contributed by atoms with E-state index in [0.717, 1.165) is 68.7 Å². The van der Waals surface area contributed by atoms with Gasteiger partial charge in [-0.1, -0.05) is 49.7 Å². The average molecular weight is 605 g/mol. The first-order valence-electron chi connectivity index (χ1n) is 14.4. The molecule has 0 aromatic heterocycles. The highest BCUT2D eigenvalue weighted by molar-refractivity contribution is 6.30. The summed E-state index contributed by atoms with van der Waals surface area (Å²) in [6, 6.07) is 17.2.